The Morgan fingerprint density at radius 1 is 1.37 bits per heavy atom. The van der Waals surface area contributed by atoms with Crippen molar-refractivity contribution in [3.8, 4) is 0 Å². The van der Waals surface area contributed by atoms with E-state index in [1.54, 1.807) is 0 Å². The van der Waals surface area contributed by atoms with Crippen LogP contribution in [0.1, 0.15) is 33.6 Å². The van der Waals surface area contributed by atoms with Crippen LogP contribution in [0.15, 0.2) is 11.8 Å². The molecule has 1 unspecified atom stereocenters. The topological polar surface area (TPSA) is 54.0 Å². The highest BCUT2D eigenvalue weighted by molar-refractivity contribution is 5.85. The molecule has 1 fully saturated rings. The molecule has 2 aliphatic rings. The zero-order chi connectivity index (χ0) is 14.1. The van der Waals surface area contributed by atoms with Gasteiger partial charge < -0.3 is 18.9 Å². The normalized spacial score (nSPS) is 28.7. The number of cyclic esters (lactones) is 1. The van der Waals surface area contributed by atoms with Gasteiger partial charge in [-0.05, 0) is 6.42 Å². The van der Waals surface area contributed by atoms with E-state index in [0.29, 0.717) is 31.8 Å². The first-order chi connectivity index (χ1) is 8.90. The summed E-state index contributed by atoms with van der Waals surface area (Å²) < 4.78 is 22.2. The minimum atomic E-state index is -0.692. The Hall–Kier alpha value is -1.07. The van der Waals surface area contributed by atoms with Crippen LogP contribution in [-0.2, 0) is 23.7 Å². The maximum absolute atomic E-state index is 11.3. The molecule has 0 spiro atoms. The lowest BCUT2D eigenvalue weighted by atomic mass is 9.93. The fourth-order valence-corrected chi connectivity index (χ4v) is 2.26. The van der Waals surface area contributed by atoms with Crippen molar-refractivity contribution >= 4 is 5.97 Å². The predicted octanol–water partition coefficient (Wildman–Crippen LogP) is 2.01. The van der Waals surface area contributed by atoms with Crippen LogP contribution in [0.5, 0.6) is 0 Å². The van der Waals surface area contributed by atoms with Gasteiger partial charge in [0.25, 0.3) is 0 Å². The van der Waals surface area contributed by atoms with Gasteiger partial charge in [-0.1, -0.05) is 20.8 Å². The van der Waals surface area contributed by atoms with E-state index in [1.165, 1.54) is 13.2 Å². The minimum Gasteiger partial charge on any atom is -0.497 e. The number of hydrogen-bond donors (Lipinski definition) is 0. The molecule has 108 valence electrons. The van der Waals surface area contributed by atoms with Gasteiger partial charge in [0.05, 0.1) is 26.4 Å². The van der Waals surface area contributed by atoms with E-state index >= 15 is 0 Å². The lowest BCUT2D eigenvalue weighted by Crippen LogP contribution is -2.49. The van der Waals surface area contributed by atoms with Crippen LogP contribution in [0.4, 0.5) is 0 Å². The molecule has 2 heterocycles. The van der Waals surface area contributed by atoms with Crippen molar-refractivity contribution < 1.29 is 23.7 Å². The fraction of sp³-hybridized carbons (Fsp3) is 0.786. The Morgan fingerprint density at radius 3 is 2.53 bits per heavy atom. The van der Waals surface area contributed by atoms with Crippen LogP contribution in [0.25, 0.3) is 0 Å². The maximum Gasteiger partial charge on any atom is 0.335 e. The highest BCUT2D eigenvalue weighted by Gasteiger charge is 2.44. The first kappa shape index (κ1) is 14.3. The first-order valence-electron chi connectivity index (χ1n) is 6.64. The van der Waals surface area contributed by atoms with E-state index in [-0.39, 0.29) is 11.4 Å². The van der Waals surface area contributed by atoms with Gasteiger partial charge in [-0.2, -0.15) is 0 Å². The van der Waals surface area contributed by atoms with Crippen molar-refractivity contribution in [2.45, 2.75) is 45.5 Å². The number of methoxy groups -OCH3 is 1. The molecule has 5 heteroatoms. The molecule has 1 atom stereocenters. The lowest BCUT2D eigenvalue weighted by molar-refractivity contribution is -0.308. The Labute approximate surface area is 113 Å². The van der Waals surface area contributed by atoms with Crippen LogP contribution < -0.4 is 0 Å². The average Bonchev–Trinajstić information content (AvgIpc) is 2.72. The quantitative estimate of drug-likeness (QED) is 0.731. The van der Waals surface area contributed by atoms with Crippen LogP contribution in [0.2, 0.25) is 0 Å². The van der Waals surface area contributed by atoms with E-state index in [0.717, 1.165) is 0 Å². The molecule has 0 N–H and O–H groups in total. The van der Waals surface area contributed by atoms with Gasteiger partial charge in [-0.3, -0.25) is 0 Å². The van der Waals surface area contributed by atoms with Gasteiger partial charge in [0.1, 0.15) is 5.76 Å². The van der Waals surface area contributed by atoms with Crippen LogP contribution in [-0.4, -0.2) is 38.2 Å². The van der Waals surface area contributed by atoms with Gasteiger partial charge in [0.2, 0.25) is 0 Å². The number of rotatable bonds is 4. The molecule has 0 radical (unpaired) electrons. The molecule has 0 aliphatic carbocycles. The molecule has 5 nitrogen and oxygen atoms in total. The molecule has 2 aliphatic heterocycles. The molecule has 2 rings (SSSR count). The molecule has 0 aromatic carbocycles. The average molecular weight is 270 g/mol. The number of hydrogen-bond acceptors (Lipinski definition) is 5. The molecule has 0 aromatic heterocycles. The largest absolute Gasteiger partial charge is 0.497 e. The van der Waals surface area contributed by atoms with Crippen LogP contribution in [0.3, 0.4) is 0 Å². The summed E-state index contributed by atoms with van der Waals surface area (Å²) in [6.07, 6.45) is 2.12. The molecule has 19 heavy (non-hydrogen) atoms. The summed E-state index contributed by atoms with van der Waals surface area (Å²) in [5.41, 5.74) is 0.0188. The second kappa shape index (κ2) is 5.13. The summed E-state index contributed by atoms with van der Waals surface area (Å²) >= 11 is 0. The van der Waals surface area contributed by atoms with E-state index in [9.17, 15) is 4.79 Å². The number of esters is 1. The van der Waals surface area contributed by atoms with Crippen molar-refractivity contribution in [2.75, 3.05) is 20.3 Å². The van der Waals surface area contributed by atoms with E-state index in [4.69, 9.17) is 18.9 Å². The number of carbonyl (C=O) groups is 1. The van der Waals surface area contributed by atoms with Gasteiger partial charge >= 0.3 is 5.97 Å². The zero-order valence-electron chi connectivity index (χ0n) is 12.0. The zero-order valence-corrected chi connectivity index (χ0v) is 12.0. The molecule has 0 saturated carbocycles. The third kappa shape index (κ3) is 3.09. The van der Waals surface area contributed by atoms with Gasteiger partial charge in [-0.25, -0.2) is 4.79 Å². The monoisotopic (exact) mass is 270 g/mol. The summed E-state index contributed by atoms with van der Waals surface area (Å²) in [4.78, 5) is 11.3. The minimum absolute atomic E-state index is 0.0188. The van der Waals surface area contributed by atoms with Crippen molar-refractivity contribution in [3.63, 3.8) is 0 Å². The third-order valence-electron chi connectivity index (χ3n) is 3.56. The molecular weight excluding hydrogens is 248 g/mol. The van der Waals surface area contributed by atoms with Gasteiger partial charge in [-0.15, -0.1) is 0 Å². The third-order valence-corrected chi connectivity index (χ3v) is 3.56. The van der Waals surface area contributed by atoms with Gasteiger partial charge in [0, 0.05) is 11.8 Å². The Balaban J connectivity index is 2.04. The molecular formula is C14H22O5. The lowest BCUT2D eigenvalue weighted by Gasteiger charge is -2.44. The molecule has 0 amide bonds. The predicted molar refractivity (Wildman–Crippen MR) is 68.3 cm³/mol. The van der Waals surface area contributed by atoms with E-state index in [2.05, 4.69) is 13.8 Å². The second-order valence-corrected chi connectivity index (χ2v) is 5.89. The van der Waals surface area contributed by atoms with Crippen LogP contribution >= 0.6 is 0 Å². The van der Waals surface area contributed by atoms with Crippen LogP contribution in [0, 0.1) is 5.41 Å². The van der Waals surface area contributed by atoms with E-state index < -0.39 is 11.9 Å². The summed E-state index contributed by atoms with van der Waals surface area (Å²) in [6, 6.07) is 0. The maximum atomic E-state index is 11.3. The summed E-state index contributed by atoms with van der Waals surface area (Å²) in [5, 5.41) is 0. The highest BCUT2D eigenvalue weighted by Crippen LogP contribution is 2.37. The molecule has 0 aromatic rings. The van der Waals surface area contributed by atoms with E-state index in [1.807, 2.05) is 6.92 Å². The number of ether oxygens (including phenoxy) is 4. The van der Waals surface area contributed by atoms with Crippen molar-refractivity contribution in [1.82, 2.24) is 0 Å². The number of carbonyl (C=O) groups excluding carboxylic acids is 1. The summed E-state index contributed by atoms with van der Waals surface area (Å²) in [5.74, 6) is -0.526. The Morgan fingerprint density at radius 2 is 2.00 bits per heavy atom. The Bertz CT molecular complexity index is 375. The second-order valence-electron chi connectivity index (χ2n) is 5.89. The SMILES string of the molecule is CCC1(CC2OC(=O)C=C2OC)OCC(C)(C)CO1. The van der Waals surface area contributed by atoms with Crippen molar-refractivity contribution in [1.29, 1.82) is 0 Å². The standard InChI is InChI=1S/C14H22O5/c1-5-14(17-8-13(2,3)9-18-14)7-11-10(16-4)6-12(15)19-11/h6,11H,5,7-9H2,1-4H3. The van der Waals surface area contributed by atoms with Gasteiger partial charge in [0.15, 0.2) is 11.9 Å². The summed E-state index contributed by atoms with van der Waals surface area (Å²) in [6.45, 7) is 7.47. The van der Waals surface area contributed by atoms with Crippen molar-refractivity contribution in [2.24, 2.45) is 5.41 Å². The highest BCUT2D eigenvalue weighted by atomic mass is 16.7. The fourth-order valence-electron chi connectivity index (χ4n) is 2.26. The smallest absolute Gasteiger partial charge is 0.335 e. The Kier molecular flexibility index (Phi) is 3.87. The molecule has 0 bridgehead atoms. The first-order valence-corrected chi connectivity index (χ1v) is 6.64. The summed E-state index contributed by atoms with van der Waals surface area (Å²) in [7, 11) is 1.53. The molecule has 1 saturated heterocycles. The van der Waals surface area contributed by atoms with Crippen molar-refractivity contribution in [3.05, 3.63) is 11.8 Å².